The predicted molar refractivity (Wildman–Crippen MR) is 107 cm³/mol. The Labute approximate surface area is 160 Å². The highest BCUT2D eigenvalue weighted by molar-refractivity contribution is 6.32. The Morgan fingerprint density at radius 1 is 1.11 bits per heavy atom. The molecule has 0 saturated heterocycles. The number of hydrazone groups is 1. The Bertz CT molecular complexity index is 1190. The van der Waals surface area contributed by atoms with Crippen LogP contribution in [-0.4, -0.2) is 11.6 Å². The molecule has 0 saturated carbocycles. The Hall–Kier alpha value is -3.18. The fourth-order valence-corrected chi connectivity index (χ4v) is 3.11. The largest absolute Gasteiger partial charge is 0.463 e. The lowest BCUT2D eigenvalue weighted by atomic mass is 10.1. The van der Waals surface area contributed by atoms with Crippen LogP contribution in [-0.2, 0) is 4.79 Å². The first-order chi connectivity index (χ1) is 13.0. The van der Waals surface area contributed by atoms with E-state index < -0.39 is 0 Å². The standard InChI is InChI=1S/C21H15ClN2O3/c1-12-8-19-17(10-18(12)22)20(25)14(11-27-19)9-16-13(2)23-24(21(16)26)15-6-4-3-5-7-15/h3-11H,1-2H3/b16-9+. The molecule has 1 aliphatic rings. The number of fused-ring (bicyclic) bond motifs is 1. The average Bonchev–Trinajstić information content (AvgIpc) is 2.94. The van der Waals surface area contributed by atoms with Gasteiger partial charge in [0.1, 0.15) is 11.8 Å². The molecular weight excluding hydrogens is 364 g/mol. The summed E-state index contributed by atoms with van der Waals surface area (Å²) in [6.45, 7) is 3.57. The van der Waals surface area contributed by atoms with Gasteiger partial charge in [0, 0.05) is 5.02 Å². The van der Waals surface area contributed by atoms with Crippen LogP contribution in [0.25, 0.3) is 17.0 Å². The number of carbonyl (C=O) groups excluding carboxylic acids is 1. The van der Waals surface area contributed by atoms with Crippen LogP contribution >= 0.6 is 11.6 Å². The summed E-state index contributed by atoms with van der Waals surface area (Å²) >= 11 is 6.14. The van der Waals surface area contributed by atoms with Crippen molar-refractivity contribution in [2.45, 2.75) is 13.8 Å². The van der Waals surface area contributed by atoms with E-state index >= 15 is 0 Å². The van der Waals surface area contributed by atoms with Gasteiger partial charge in [-0.25, -0.2) is 0 Å². The first-order valence-electron chi connectivity index (χ1n) is 8.34. The van der Waals surface area contributed by atoms with Gasteiger partial charge in [-0.2, -0.15) is 10.1 Å². The third kappa shape index (κ3) is 2.96. The highest BCUT2D eigenvalue weighted by Gasteiger charge is 2.29. The SMILES string of the molecule is CC1=NN(c2ccccc2)C(=O)/C1=C/c1coc2cc(C)c(Cl)cc2c1=O. The maximum Gasteiger partial charge on any atom is 0.280 e. The summed E-state index contributed by atoms with van der Waals surface area (Å²) in [5, 5.41) is 6.50. The van der Waals surface area contributed by atoms with Crippen LogP contribution in [0.5, 0.6) is 0 Å². The number of nitrogens with zero attached hydrogens (tertiary/aromatic N) is 2. The van der Waals surface area contributed by atoms with E-state index in [1.165, 1.54) is 17.3 Å². The van der Waals surface area contributed by atoms with Crippen molar-refractivity contribution < 1.29 is 9.21 Å². The van der Waals surface area contributed by atoms with Crippen LogP contribution in [0, 0.1) is 6.92 Å². The second-order valence-corrected chi connectivity index (χ2v) is 6.72. The number of hydrogen-bond acceptors (Lipinski definition) is 4. The third-order valence-corrected chi connectivity index (χ3v) is 4.85. The predicted octanol–water partition coefficient (Wildman–Crippen LogP) is 4.56. The number of halogens is 1. The van der Waals surface area contributed by atoms with Crippen LogP contribution < -0.4 is 10.4 Å². The summed E-state index contributed by atoms with van der Waals surface area (Å²) in [5.41, 5.74) is 2.86. The summed E-state index contributed by atoms with van der Waals surface area (Å²) in [5.74, 6) is -0.292. The van der Waals surface area contributed by atoms with Crippen molar-refractivity contribution in [2.75, 3.05) is 5.01 Å². The molecule has 0 unspecified atom stereocenters. The van der Waals surface area contributed by atoms with E-state index in [2.05, 4.69) is 5.10 Å². The number of amides is 1. The fourth-order valence-electron chi connectivity index (χ4n) is 2.95. The smallest absolute Gasteiger partial charge is 0.280 e. The number of carbonyl (C=O) groups is 1. The fraction of sp³-hybridized carbons (Fsp3) is 0.0952. The van der Waals surface area contributed by atoms with Crippen LogP contribution in [0.1, 0.15) is 18.1 Å². The Morgan fingerprint density at radius 2 is 1.85 bits per heavy atom. The lowest BCUT2D eigenvalue weighted by Crippen LogP contribution is -2.21. The average molecular weight is 379 g/mol. The van der Waals surface area contributed by atoms with Crippen molar-refractivity contribution in [2.24, 2.45) is 5.10 Å². The van der Waals surface area contributed by atoms with Gasteiger partial charge < -0.3 is 4.42 Å². The van der Waals surface area contributed by atoms with Gasteiger partial charge in [0.2, 0.25) is 0 Å². The molecule has 5 nitrogen and oxygen atoms in total. The Kier molecular flexibility index (Phi) is 4.16. The summed E-state index contributed by atoms with van der Waals surface area (Å²) < 4.78 is 5.58. The zero-order chi connectivity index (χ0) is 19.1. The minimum absolute atomic E-state index is 0.246. The third-order valence-electron chi connectivity index (χ3n) is 4.44. The van der Waals surface area contributed by atoms with Crippen LogP contribution in [0.2, 0.25) is 5.02 Å². The molecule has 0 N–H and O–H groups in total. The van der Waals surface area contributed by atoms with Gasteiger partial charge in [0.05, 0.1) is 27.9 Å². The van der Waals surface area contributed by atoms with E-state index in [0.717, 1.165) is 5.56 Å². The van der Waals surface area contributed by atoms with Crippen molar-refractivity contribution in [3.63, 3.8) is 0 Å². The van der Waals surface area contributed by atoms with Gasteiger partial charge in [-0.15, -0.1) is 0 Å². The zero-order valence-electron chi connectivity index (χ0n) is 14.7. The Balaban J connectivity index is 1.79. The lowest BCUT2D eigenvalue weighted by Gasteiger charge is -2.11. The minimum Gasteiger partial charge on any atom is -0.463 e. The number of anilines is 1. The first kappa shape index (κ1) is 17.2. The molecule has 0 fully saturated rings. The first-order valence-corrected chi connectivity index (χ1v) is 8.72. The van der Waals surface area contributed by atoms with Gasteiger partial charge in [-0.05, 0) is 49.8 Å². The number of para-hydroxylation sites is 1. The number of benzene rings is 2. The minimum atomic E-state index is -0.292. The number of aryl methyl sites for hydroxylation is 1. The monoisotopic (exact) mass is 378 g/mol. The van der Waals surface area contributed by atoms with E-state index in [4.69, 9.17) is 16.0 Å². The highest BCUT2D eigenvalue weighted by atomic mass is 35.5. The van der Waals surface area contributed by atoms with Gasteiger partial charge in [0.25, 0.3) is 5.91 Å². The number of rotatable bonds is 2. The molecule has 0 spiro atoms. The molecule has 2 heterocycles. The quantitative estimate of drug-likeness (QED) is 0.614. The molecule has 1 amide bonds. The van der Waals surface area contributed by atoms with Gasteiger partial charge in [0.15, 0.2) is 5.43 Å². The van der Waals surface area contributed by atoms with E-state index in [0.29, 0.717) is 33.0 Å². The zero-order valence-corrected chi connectivity index (χ0v) is 15.4. The molecule has 27 heavy (non-hydrogen) atoms. The molecule has 0 radical (unpaired) electrons. The molecule has 0 aliphatic carbocycles. The van der Waals surface area contributed by atoms with Gasteiger partial charge >= 0.3 is 0 Å². The second kappa shape index (κ2) is 6.52. The van der Waals surface area contributed by atoms with Crippen LogP contribution in [0.3, 0.4) is 0 Å². The maximum atomic E-state index is 12.8. The lowest BCUT2D eigenvalue weighted by molar-refractivity contribution is -0.114. The molecule has 4 rings (SSSR count). The van der Waals surface area contributed by atoms with E-state index in [9.17, 15) is 9.59 Å². The molecule has 6 heteroatoms. The van der Waals surface area contributed by atoms with Crippen molar-refractivity contribution >= 4 is 46.0 Å². The molecule has 0 bridgehead atoms. The maximum absolute atomic E-state index is 12.8. The highest BCUT2D eigenvalue weighted by Crippen LogP contribution is 2.25. The summed E-state index contributed by atoms with van der Waals surface area (Å²) in [4.78, 5) is 25.6. The van der Waals surface area contributed by atoms with Crippen molar-refractivity contribution in [1.82, 2.24) is 0 Å². The van der Waals surface area contributed by atoms with E-state index in [1.807, 2.05) is 25.1 Å². The van der Waals surface area contributed by atoms with Crippen molar-refractivity contribution in [3.8, 4) is 0 Å². The summed E-state index contributed by atoms with van der Waals surface area (Å²) in [6.07, 6.45) is 2.87. The normalized spacial score (nSPS) is 15.7. The molecular formula is C21H15ClN2O3. The van der Waals surface area contributed by atoms with Crippen LogP contribution in [0.15, 0.2) is 68.6 Å². The molecule has 2 aromatic carbocycles. The molecule has 1 aliphatic heterocycles. The van der Waals surface area contributed by atoms with E-state index in [1.54, 1.807) is 31.2 Å². The summed E-state index contributed by atoms with van der Waals surface area (Å²) in [7, 11) is 0. The van der Waals surface area contributed by atoms with Crippen LogP contribution in [0.4, 0.5) is 5.69 Å². The van der Waals surface area contributed by atoms with Crippen molar-refractivity contribution in [3.05, 3.63) is 80.7 Å². The topological polar surface area (TPSA) is 62.9 Å². The molecule has 134 valence electrons. The summed E-state index contributed by atoms with van der Waals surface area (Å²) in [6, 6.07) is 12.4. The second-order valence-electron chi connectivity index (χ2n) is 6.31. The van der Waals surface area contributed by atoms with E-state index in [-0.39, 0.29) is 16.9 Å². The Morgan fingerprint density at radius 3 is 2.59 bits per heavy atom. The van der Waals surface area contributed by atoms with Gasteiger partial charge in [-0.3, -0.25) is 9.59 Å². The van der Waals surface area contributed by atoms with Crippen molar-refractivity contribution in [1.29, 1.82) is 0 Å². The number of hydrogen-bond donors (Lipinski definition) is 0. The molecule has 1 aromatic heterocycles. The molecule has 0 atom stereocenters. The van der Waals surface area contributed by atoms with Gasteiger partial charge in [-0.1, -0.05) is 29.8 Å². The molecule has 3 aromatic rings.